The van der Waals surface area contributed by atoms with Crippen molar-refractivity contribution in [2.24, 2.45) is 5.73 Å². The zero-order valence-electron chi connectivity index (χ0n) is 21.4. The molecule has 0 heterocycles. The zero-order valence-corrected chi connectivity index (χ0v) is 23.2. The standard InChI is InChI=1S/C25H55NO3Si.ClH/c1-5-6-7-8-9-10-11-12-13-14-15-16-17-18-19-22-25(26)23-20-21-24-30(27-2,28-3)29-4;/h25H,5-24,26H2,1-4H3;1H. The van der Waals surface area contributed by atoms with Gasteiger partial charge in [0.05, 0.1) is 0 Å². The largest absolute Gasteiger partial charge is 0.500 e. The Morgan fingerprint density at radius 3 is 1.23 bits per heavy atom. The Kier molecular flexibility index (Phi) is 27.0. The first kappa shape index (κ1) is 33.5. The van der Waals surface area contributed by atoms with Crippen LogP contribution in [-0.4, -0.2) is 36.2 Å². The maximum absolute atomic E-state index is 6.29. The number of halogens is 1. The van der Waals surface area contributed by atoms with Crippen molar-refractivity contribution in [3.63, 3.8) is 0 Å². The van der Waals surface area contributed by atoms with E-state index in [1.165, 1.54) is 103 Å². The van der Waals surface area contributed by atoms with Gasteiger partial charge in [-0.1, -0.05) is 110 Å². The Morgan fingerprint density at radius 1 is 0.548 bits per heavy atom. The Balaban J connectivity index is 0. The minimum atomic E-state index is -2.39. The number of nitrogens with two attached hydrogens (primary N) is 1. The molecule has 0 aromatic rings. The van der Waals surface area contributed by atoms with Crippen LogP contribution in [0, 0.1) is 0 Å². The molecule has 2 N–H and O–H groups in total. The van der Waals surface area contributed by atoms with Crippen LogP contribution in [0.5, 0.6) is 0 Å². The molecule has 0 aromatic carbocycles. The molecule has 0 rings (SSSR count). The van der Waals surface area contributed by atoms with Crippen LogP contribution in [0.1, 0.15) is 129 Å². The molecule has 31 heavy (non-hydrogen) atoms. The average molecular weight is 482 g/mol. The molecule has 0 aliphatic heterocycles. The number of hydrogen-bond acceptors (Lipinski definition) is 4. The predicted molar refractivity (Wildman–Crippen MR) is 140 cm³/mol. The third kappa shape index (κ3) is 20.7. The number of unbranched alkanes of at least 4 members (excludes halogenated alkanes) is 15. The lowest BCUT2D eigenvalue weighted by atomic mass is 10.0. The molecule has 0 saturated heterocycles. The summed E-state index contributed by atoms with van der Waals surface area (Å²) < 4.78 is 16.4. The SMILES string of the molecule is CCCCCCCCCCCCCCCCCC(N)CCCC[Si](OC)(OC)OC.Cl. The first-order valence-corrected chi connectivity index (χ1v) is 15.0. The monoisotopic (exact) mass is 481 g/mol. The summed E-state index contributed by atoms with van der Waals surface area (Å²) in [6.07, 6.45) is 25.7. The van der Waals surface area contributed by atoms with Crippen LogP contribution < -0.4 is 5.73 Å². The van der Waals surface area contributed by atoms with Gasteiger partial charge in [-0.05, 0) is 19.3 Å². The molecule has 0 bridgehead atoms. The second-order valence-electron chi connectivity index (χ2n) is 9.04. The minimum Gasteiger partial charge on any atom is -0.377 e. The van der Waals surface area contributed by atoms with Crippen molar-refractivity contribution in [3.05, 3.63) is 0 Å². The van der Waals surface area contributed by atoms with Crippen LogP contribution in [0.15, 0.2) is 0 Å². The van der Waals surface area contributed by atoms with Gasteiger partial charge in [-0.15, -0.1) is 12.4 Å². The summed E-state index contributed by atoms with van der Waals surface area (Å²) in [6.45, 7) is 2.29. The van der Waals surface area contributed by atoms with Crippen molar-refractivity contribution in [1.29, 1.82) is 0 Å². The van der Waals surface area contributed by atoms with E-state index in [-0.39, 0.29) is 12.4 Å². The molecule has 0 aliphatic rings. The predicted octanol–water partition coefficient (Wildman–Crippen LogP) is 8.05. The van der Waals surface area contributed by atoms with E-state index in [0.29, 0.717) is 6.04 Å². The maximum Gasteiger partial charge on any atom is 0.500 e. The highest BCUT2D eigenvalue weighted by Crippen LogP contribution is 2.19. The second-order valence-corrected chi connectivity index (χ2v) is 12.1. The summed E-state index contributed by atoms with van der Waals surface area (Å²) in [5.41, 5.74) is 6.29. The van der Waals surface area contributed by atoms with Crippen LogP contribution >= 0.6 is 12.4 Å². The van der Waals surface area contributed by atoms with Gasteiger partial charge < -0.3 is 19.0 Å². The summed E-state index contributed by atoms with van der Waals surface area (Å²) in [6, 6.07) is 1.22. The van der Waals surface area contributed by atoms with Crippen LogP contribution in [0.3, 0.4) is 0 Å². The molecule has 1 atom stereocenters. The van der Waals surface area contributed by atoms with E-state index >= 15 is 0 Å². The second kappa shape index (κ2) is 25.0. The Labute approximate surface area is 202 Å². The van der Waals surface area contributed by atoms with E-state index in [2.05, 4.69) is 6.92 Å². The van der Waals surface area contributed by atoms with Crippen LogP contribution in [0.25, 0.3) is 0 Å². The molecule has 0 radical (unpaired) electrons. The Morgan fingerprint density at radius 2 is 0.871 bits per heavy atom. The zero-order chi connectivity index (χ0) is 22.3. The van der Waals surface area contributed by atoms with Crippen molar-refractivity contribution in [2.75, 3.05) is 21.3 Å². The highest BCUT2D eigenvalue weighted by Gasteiger charge is 2.36. The van der Waals surface area contributed by atoms with Crippen molar-refractivity contribution >= 4 is 21.2 Å². The molecule has 6 heteroatoms. The lowest BCUT2D eigenvalue weighted by Crippen LogP contribution is -2.42. The van der Waals surface area contributed by atoms with Gasteiger partial charge in [-0.25, -0.2) is 0 Å². The van der Waals surface area contributed by atoms with Crippen LogP contribution in [0.4, 0.5) is 0 Å². The van der Waals surface area contributed by atoms with E-state index in [9.17, 15) is 0 Å². The fraction of sp³-hybridized carbons (Fsp3) is 1.00. The molecule has 0 fully saturated rings. The van der Waals surface area contributed by atoms with Gasteiger partial charge in [0.25, 0.3) is 0 Å². The van der Waals surface area contributed by atoms with Crippen LogP contribution in [0.2, 0.25) is 6.04 Å². The minimum absolute atomic E-state index is 0. The highest BCUT2D eigenvalue weighted by atomic mass is 35.5. The smallest absolute Gasteiger partial charge is 0.377 e. The van der Waals surface area contributed by atoms with Gasteiger partial charge in [-0.2, -0.15) is 0 Å². The fourth-order valence-corrected chi connectivity index (χ4v) is 6.02. The molecule has 1 unspecified atom stereocenters. The summed E-state index contributed by atoms with van der Waals surface area (Å²) in [5, 5.41) is 0. The molecule has 0 aliphatic carbocycles. The third-order valence-corrected chi connectivity index (χ3v) is 9.25. The summed E-state index contributed by atoms with van der Waals surface area (Å²) >= 11 is 0. The van der Waals surface area contributed by atoms with Crippen molar-refractivity contribution in [3.8, 4) is 0 Å². The van der Waals surface area contributed by atoms with Crippen LogP contribution in [-0.2, 0) is 13.3 Å². The lowest BCUT2D eigenvalue weighted by Gasteiger charge is -2.24. The van der Waals surface area contributed by atoms with Gasteiger partial charge in [0.1, 0.15) is 0 Å². The first-order valence-electron chi connectivity index (χ1n) is 13.0. The maximum atomic E-state index is 6.29. The van der Waals surface area contributed by atoms with E-state index < -0.39 is 8.80 Å². The van der Waals surface area contributed by atoms with Crippen molar-refractivity contribution in [1.82, 2.24) is 0 Å². The molecular formula is C25H56ClNO3Si. The summed E-state index contributed by atoms with van der Waals surface area (Å²) in [5.74, 6) is 0. The van der Waals surface area contributed by atoms with Gasteiger partial charge in [0.2, 0.25) is 0 Å². The Hall–Kier alpha value is 0.347. The van der Waals surface area contributed by atoms with E-state index in [0.717, 1.165) is 25.3 Å². The average Bonchev–Trinajstić information content (AvgIpc) is 2.77. The summed E-state index contributed by atoms with van der Waals surface area (Å²) in [4.78, 5) is 0. The lowest BCUT2D eigenvalue weighted by molar-refractivity contribution is 0.122. The molecule has 190 valence electrons. The third-order valence-electron chi connectivity index (χ3n) is 6.42. The van der Waals surface area contributed by atoms with E-state index in [1.54, 1.807) is 21.3 Å². The topological polar surface area (TPSA) is 53.7 Å². The van der Waals surface area contributed by atoms with Gasteiger partial charge in [0.15, 0.2) is 0 Å². The van der Waals surface area contributed by atoms with E-state index in [4.69, 9.17) is 19.0 Å². The normalized spacial score (nSPS) is 12.7. The number of rotatable bonds is 24. The first-order chi connectivity index (χ1) is 14.6. The molecule has 0 spiro atoms. The van der Waals surface area contributed by atoms with Gasteiger partial charge >= 0.3 is 8.80 Å². The van der Waals surface area contributed by atoms with E-state index in [1.807, 2.05) is 0 Å². The quantitative estimate of drug-likeness (QED) is 0.112. The van der Waals surface area contributed by atoms with Gasteiger partial charge in [-0.3, -0.25) is 0 Å². The molecule has 0 amide bonds. The number of hydrogen-bond donors (Lipinski definition) is 1. The fourth-order valence-electron chi connectivity index (χ4n) is 4.23. The van der Waals surface area contributed by atoms with Gasteiger partial charge in [0, 0.05) is 33.4 Å². The molecule has 4 nitrogen and oxygen atoms in total. The van der Waals surface area contributed by atoms with Crippen molar-refractivity contribution in [2.45, 2.75) is 141 Å². The highest BCUT2D eigenvalue weighted by molar-refractivity contribution is 6.60. The van der Waals surface area contributed by atoms with Crippen molar-refractivity contribution < 1.29 is 13.3 Å². The molecule has 0 saturated carbocycles. The molecule has 0 aromatic heterocycles. The Bertz CT molecular complexity index is 338. The molecular weight excluding hydrogens is 426 g/mol. The summed E-state index contributed by atoms with van der Waals surface area (Å²) in [7, 11) is 2.65.